The van der Waals surface area contributed by atoms with Gasteiger partial charge in [-0.2, -0.15) is 5.10 Å². The van der Waals surface area contributed by atoms with E-state index in [2.05, 4.69) is 10.4 Å². The summed E-state index contributed by atoms with van der Waals surface area (Å²) in [7, 11) is 0. The van der Waals surface area contributed by atoms with E-state index in [-0.39, 0.29) is 17.4 Å². The maximum atomic E-state index is 13.1. The first kappa shape index (κ1) is 23.3. The Morgan fingerprint density at radius 2 is 1.64 bits per heavy atom. The van der Waals surface area contributed by atoms with Gasteiger partial charge >= 0.3 is 0 Å². The number of carbonyl (C=O) groups excluding carboxylic acids is 1. The number of hydrogen-bond donors (Lipinski definition) is 1. The van der Waals surface area contributed by atoms with Crippen molar-refractivity contribution in [3.8, 4) is 16.9 Å². The number of hydrogen-bond acceptors (Lipinski definition) is 2. The fourth-order valence-corrected chi connectivity index (χ4v) is 4.16. The molecule has 4 rings (SSSR count). The summed E-state index contributed by atoms with van der Waals surface area (Å²) in [5.74, 6) is -0.604. The highest BCUT2D eigenvalue weighted by molar-refractivity contribution is 6.35. The third kappa shape index (κ3) is 5.22. The Morgan fingerprint density at radius 1 is 0.970 bits per heavy atom. The molecule has 0 saturated carbocycles. The molecule has 1 aromatic heterocycles. The van der Waals surface area contributed by atoms with Gasteiger partial charge in [0.05, 0.1) is 16.4 Å². The standard InChI is InChI=1S/C25H19Cl3FN3O/c1-15-23(25(33)30-13-12-16-2-9-20(29)10-3-16)31-32(22-11-8-19(27)14-21(22)28)24(15)17-4-6-18(26)7-5-17/h2-11,14H,12-13H2,1H3,(H,30,33). The van der Waals surface area contributed by atoms with Crippen LogP contribution < -0.4 is 5.32 Å². The number of carbonyl (C=O) groups is 1. The van der Waals surface area contributed by atoms with E-state index >= 15 is 0 Å². The summed E-state index contributed by atoms with van der Waals surface area (Å²) >= 11 is 18.6. The van der Waals surface area contributed by atoms with Crippen LogP contribution in [0.1, 0.15) is 21.6 Å². The van der Waals surface area contributed by atoms with Gasteiger partial charge in [0.2, 0.25) is 0 Å². The summed E-state index contributed by atoms with van der Waals surface area (Å²) in [4.78, 5) is 13.0. The number of aromatic nitrogens is 2. The molecule has 0 saturated heterocycles. The van der Waals surface area contributed by atoms with E-state index in [0.717, 1.165) is 16.8 Å². The van der Waals surface area contributed by atoms with Crippen LogP contribution in [0.3, 0.4) is 0 Å². The summed E-state index contributed by atoms with van der Waals surface area (Å²) in [5.41, 5.74) is 4.06. The van der Waals surface area contributed by atoms with Gasteiger partial charge in [-0.05, 0) is 61.4 Å². The first-order chi connectivity index (χ1) is 15.8. The molecule has 1 heterocycles. The molecule has 33 heavy (non-hydrogen) atoms. The molecule has 168 valence electrons. The predicted octanol–water partition coefficient (Wildman–Crippen LogP) is 6.92. The van der Waals surface area contributed by atoms with Crippen LogP contribution in [0.5, 0.6) is 0 Å². The van der Waals surface area contributed by atoms with Crippen molar-refractivity contribution in [2.75, 3.05) is 6.54 Å². The summed E-state index contributed by atoms with van der Waals surface area (Å²) in [5, 5.41) is 9.00. The van der Waals surface area contributed by atoms with Crippen LogP contribution in [-0.2, 0) is 6.42 Å². The van der Waals surface area contributed by atoms with Crippen LogP contribution in [0.25, 0.3) is 16.9 Å². The molecule has 0 aliphatic carbocycles. The fraction of sp³-hybridized carbons (Fsp3) is 0.120. The molecule has 0 aliphatic heterocycles. The Morgan fingerprint density at radius 3 is 2.30 bits per heavy atom. The van der Waals surface area contributed by atoms with Crippen LogP contribution in [0.15, 0.2) is 66.7 Å². The number of rotatable bonds is 6. The lowest BCUT2D eigenvalue weighted by atomic mass is 10.1. The van der Waals surface area contributed by atoms with E-state index in [1.165, 1.54) is 12.1 Å². The van der Waals surface area contributed by atoms with E-state index in [1.54, 1.807) is 47.1 Å². The van der Waals surface area contributed by atoms with Gasteiger partial charge in [0.25, 0.3) is 5.91 Å². The number of benzene rings is 3. The zero-order chi connectivity index (χ0) is 23.5. The lowest BCUT2D eigenvalue weighted by Gasteiger charge is -2.11. The molecule has 0 unspecified atom stereocenters. The fourth-order valence-electron chi connectivity index (χ4n) is 3.54. The van der Waals surface area contributed by atoms with Crippen molar-refractivity contribution in [3.05, 3.63) is 104 Å². The second-order valence-corrected chi connectivity index (χ2v) is 8.75. The molecule has 0 atom stereocenters. The van der Waals surface area contributed by atoms with Gasteiger partial charge in [-0.25, -0.2) is 9.07 Å². The van der Waals surface area contributed by atoms with Crippen LogP contribution >= 0.6 is 34.8 Å². The number of nitrogens with zero attached hydrogens (tertiary/aromatic N) is 2. The Bertz CT molecular complexity index is 1300. The minimum Gasteiger partial charge on any atom is -0.350 e. The highest BCUT2D eigenvalue weighted by atomic mass is 35.5. The minimum atomic E-state index is -0.311. The van der Waals surface area contributed by atoms with Crippen molar-refractivity contribution in [2.24, 2.45) is 0 Å². The molecule has 1 N–H and O–H groups in total. The van der Waals surface area contributed by atoms with Crippen molar-refractivity contribution in [3.63, 3.8) is 0 Å². The van der Waals surface area contributed by atoms with Gasteiger partial charge in [-0.3, -0.25) is 4.79 Å². The van der Waals surface area contributed by atoms with Gasteiger partial charge in [-0.15, -0.1) is 0 Å². The molecule has 0 spiro atoms. The van der Waals surface area contributed by atoms with Crippen LogP contribution in [0.4, 0.5) is 4.39 Å². The zero-order valence-electron chi connectivity index (χ0n) is 17.6. The van der Waals surface area contributed by atoms with Crippen molar-refractivity contribution in [1.82, 2.24) is 15.1 Å². The number of nitrogens with one attached hydrogen (secondary N) is 1. The average Bonchev–Trinajstić information content (AvgIpc) is 3.12. The average molecular weight is 503 g/mol. The smallest absolute Gasteiger partial charge is 0.272 e. The van der Waals surface area contributed by atoms with Gasteiger partial charge in [0.1, 0.15) is 5.82 Å². The predicted molar refractivity (Wildman–Crippen MR) is 131 cm³/mol. The zero-order valence-corrected chi connectivity index (χ0v) is 19.8. The first-order valence-electron chi connectivity index (χ1n) is 10.2. The molecule has 0 aliphatic rings. The minimum absolute atomic E-state index is 0.282. The van der Waals surface area contributed by atoms with E-state index in [0.29, 0.717) is 39.3 Å². The van der Waals surface area contributed by atoms with Gasteiger partial charge in [0.15, 0.2) is 5.69 Å². The van der Waals surface area contributed by atoms with Gasteiger partial charge in [-0.1, -0.05) is 59.1 Å². The van der Waals surface area contributed by atoms with E-state index in [4.69, 9.17) is 34.8 Å². The van der Waals surface area contributed by atoms with Gasteiger partial charge in [0, 0.05) is 27.7 Å². The van der Waals surface area contributed by atoms with Gasteiger partial charge < -0.3 is 5.32 Å². The number of amides is 1. The summed E-state index contributed by atoms with van der Waals surface area (Å²) in [6, 6.07) is 18.6. The monoisotopic (exact) mass is 501 g/mol. The van der Waals surface area contributed by atoms with E-state index < -0.39 is 0 Å². The third-order valence-electron chi connectivity index (χ3n) is 5.21. The molecule has 8 heteroatoms. The third-order valence-corrected chi connectivity index (χ3v) is 6.00. The second-order valence-electron chi connectivity index (χ2n) is 7.47. The van der Waals surface area contributed by atoms with Crippen molar-refractivity contribution in [1.29, 1.82) is 0 Å². The number of halogens is 4. The largest absolute Gasteiger partial charge is 0.350 e. The highest BCUT2D eigenvalue weighted by Gasteiger charge is 2.23. The maximum absolute atomic E-state index is 13.1. The topological polar surface area (TPSA) is 46.9 Å². The van der Waals surface area contributed by atoms with Crippen LogP contribution in [0.2, 0.25) is 15.1 Å². The lowest BCUT2D eigenvalue weighted by Crippen LogP contribution is -2.26. The molecule has 1 amide bonds. The lowest BCUT2D eigenvalue weighted by molar-refractivity contribution is 0.0948. The van der Waals surface area contributed by atoms with Crippen LogP contribution in [-0.4, -0.2) is 22.2 Å². The van der Waals surface area contributed by atoms with E-state index in [1.807, 2.05) is 19.1 Å². The van der Waals surface area contributed by atoms with E-state index in [9.17, 15) is 9.18 Å². The molecule has 4 nitrogen and oxygen atoms in total. The summed E-state index contributed by atoms with van der Waals surface area (Å²) < 4.78 is 14.7. The Labute approximate surface area is 205 Å². The van der Waals surface area contributed by atoms with Crippen molar-refractivity contribution in [2.45, 2.75) is 13.3 Å². The SMILES string of the molecule is Cc1c(C(=O)NCCc2ccc(F)cc2)nn(-c2ccc(Cl)cc2Cl)c1-c1ccc(Cl)cc1. The molecule has 4 aromatic rings. The Kier molecular flexibility index (Phi) is 7.03. The molecular weight excluding hydrogens is 484 g/mol. The molecule has 0 bridgehead atoms. The Balaban J connectivity index is 1.67. The highest BCUT2D eigenvalue weighted by Crippen LogP contribution is 2.33. The quantitative estimate of drug-likeness (QED) is 0.311. The van der Waals surface area contributed by atoms with Crippen LogP contribution in [0, 0.1) is 12.7 Å². The summed E-state index contributed by atoms with van der Waals surface area (Å²) in [6.45, 7) is 2.22. The molecule has 3 aromatic carbocycles. The maximum Gasteiger partial charge on any atom is 0.272 e. The summed E-state index contributed by atoms with van der Waals surface area (Å²) in [6.07, 6.45) is 0.568. The molecule has 0 fully saturated rings. The second kappa shape index (κ2) is 9.96. The Hall–Kier alpha value is -2.86. The molecule has 0 radical (unpaired) electrons. The first-order valence-corrected chi connectivity index (χ1v) is 11.3. The van der Waals surface area contributed by atoms with Crippen molar-refractivity contribution >= 4 is 40.7 Å². The normalized spacial score (nSPS) is 10.9. The molecular formula is C25H19Cl3FN3O. The van der Waals surface area contributed by atoms with Crippen molar-refractivity contribution < 1.29 is 9.18 Å².